The van der Waals surface area contributed by atoms with Crippen molar-refractivity contribution in [2.75, 3.05) is 20.3 Å². The van der Waals surface area contributed by atoms with Gasteiger partial charge in [-0.1, -0.05) is 15.9 Å². The highest BCUT2D eigenvalue weighted by molar-refractivity contribution is 9.10. The van der Waals surface area contributed by atoms with Crippen LogP contribution in [0.4, 0.5) is 0 Å². The summed E-state index contributed by atoms with van der Waals surface area (Å²) in [6.45, 7) is 2.63. The van der Waals surface area contributed by atoms with E-state index in [9.17, 15) is 9.59 Å². The number of methoxy groups -OCH3 is 1. The van der Waals surface area contributed by atoms with Crippen LogP contribution in [-0.4, -0.2) is 43.1 Å². The van der Waals surface area contributed by atoms with Crippen LogP contribution in [0, 0.1) is 5.92 Å². The molecule has 5 nitrogen and oxygen atoms in total. The summed E-state index contributed by atoms with van der Waals surface area (Å²) in [6.07, 6.45) is 0.868. The molecule has 1 N–H and O–H groups in total. The Morgan fingerprint density at radius 2 is 2.31 bits per heavy atom. The molecule has 0 bridgehead atoms. The zero-order valence-corrected chi connectivity index (χ0v) is 11.0. The molecule has 0 saturated carbocycles. The first kappa shape index (κ1) is 13.4. The second-order valence-corrected chi connectivity index (χ2v) is 4.92. The minimum Gasteiger partial charge on any atom is -0.468 e. The van der Waals surface area contributed by atoms with E-state index in [4.69, 9.17) is 4.74 Å². The standard InChI is InChI=1S/C10H16BrNO4/c1-6-3-7(5-16-6)9(13)12-4-8(11)10(14)15-2/h6-8H,3-5H2,1-2H3,(H,12,13). The van der Waals surface area contributed by atoms with Gasteiger partial charge >= 0.3 is 5.97 Å². The van der Waals surface area contributed by atoms with Gasteiger partial charge in [-0.2, -0.15) is 0 Å². The van der Waals surface area contributed by atoms with Crippen LogP contribution in [0.25, 0.3) is 0 Å². The molecule has 0 aromatic rings. The summed E-state index contributed by atoms with van der Waals surface area (Å²) in [7, 11) is 1.31. The molecule has 16 heavy (non-hydrogen) atoms. The van der Waals surface area contributed by atoms with Crippen LogP contribution in [0.5, 0.6) is 0 Å². The van der Waals surface area contributed by atoms with Crippen LogP contribution >= 0.6 is 15.9 Å². The average molecular weight is 294 g/mol. The molecular weight excluding hydrogens is 278 g/mol. The molecular formula is C10H16BrNO4. The molecule has 3 atom stereocenters. The van der Waals surface area contributed by atoms with Gasteiger partial charge in [-0.05, 0) is 13.3 Å². The molecule has 1 aliphatic heterocycles. The molecule has 1 saturated heterocycles. The van der Waals surface area contributed by atoms with Crippen molar-refractivity contribution in [3.05, 3.63) is 0 Å². The normalized spacial score (nSPS) is 26.2. The number of carbonyl (C=O) groups excluding carboxylic acids is 2. The molecule has 0 radical (unpaired) electrons. The molecule has 0 aromatic heterocycles. The fraction of sp³-hybridized carbons (Fsp3) is 0.800. The Kier molecular flexibility index (Phi) is 5.21. The monoisotopic (exact) mass is 293 g/mol. The SMILES string of the molecule is COC(=O)C(Br)CNC(=O)C1COC(C)C1. The molecule has 0 spiro atoms. The lowest BCUT2D eigenvalue weighted by Gasteiger charge is -2.11. The molecule has 0 aliphatic carbocycles. The zero-order chi connectivity index (χ0) is 12.1. The van der Waals surface area contributed by atoms with Gasteiger partial charge in [0.2, 0.25) is 5.91 Å². The maximum absolute atomic E-state index is 11.6. The minimum atomic E-state index is -0.499. The highest BCUT2D eigenvalue weighted by Gasteiger charge is 2.28. The van der Waals surface area contributed by atoms with Crippen LogP contribution in [0.3, 0.4) is 0 Å². The van der Waals surface area contributed by atoms with E-state index in [1.54, 1.807) is 0 Å². The predicted molar refractivity (Wildman–Crippen MR) is 61.3 cm³/mol. The van der Waals surface area contributed by atoms with Crippen LogP contribution in [-0.2, 0) is 19.1 Å². The Balaban J connectivity index is 2.27. The number of ether oxygens (including phenoxy) is 2. The maximum atomic E-state index is 11.6. The van der Waals surface area contributed by atoms with E-state index in [1.807, 2.05) is 6.92 Å². The van der Waals surface area contributed by atoms with E-state index in [0.29, 0.717) is 6.61 Å². The van der Waals surface area contributed by atoms with Gasteiger partial charge in [0.1, 0.15) is 4.83 Å². The number of hydrogen-bond acceptors (Lipinski definition) is 4. The summed E-state index contributed by atoms with van der Waals surface area (Å²) >= 11 is 3.13. The van der Waals surface area contributed by atoms with Crippen molar-refractivity contribution in [3.63, 3.8) is 0 Å². The van der Waals surface area contributed by atoms with Crippen LogP contribution in [0.2, 0.25) is 0 Å². The molecule has 1 amide bonds. The lowest BCUT2D eigenvalue weighted by atomic mass is 10.1. The van der Waals surface area contributed by atoms with Crippen molar-refractivity contribution in [1.82, 2.24) is 5.32 Å². The smallest absolute Gasteiger partial charge is 0.321 e. The van der Waals surface area contributed by atoms with Crippen molar-refractivity contribution in [1.29, 1.82) is 0 Å². The highest BCUT2D eigenvalue weighted by Crippen LogP contribution is 2.18. The van der Waals surface area contributed by atoms with E-state index < -0.39 is 10.8 Å². The first-order chi connectivity index (χ1) is 7.54. The highest BCUT2D eigenvalue weighted by atomic mass is 79.9. The van der Waals surface area contributed by atoms with E-state index in [0.717, 1.165) is 6.42 Å². The summed E-state index contributed by atoms with van der Waals surface area (Å²) in [6, 6.07) is 0. The lowest BCUT2D eigenvalue weighted by molar-refractivity contribution is -0.139. The van der Waals surface area contributed by atoms with Crippen LogP contribution in [0.1, 0.15) is 13.3 Å². The zero-order valence-electron chi connectivity index (χ0n) is 9.36. The minimum absolute atomic E-state index is 0.0716. The number of nitrogens with one attached hydrogen (secondary N) is 1. The third kappa shape index (κ3) is 3.75. The largest absolute Gasteiger partial charge is 0.468 e. The van der Waals surface area contributed by atoms with Gasteiger partial charge in [0.15, 0.2) is 0 Å². The van der Waals surface area contributed by atoms with Crippen molar-refractivity contribution in [2.24, 2.45) is 5.92 Å². The maximum Gasteiger partial charge on any atom is 0.321 e. The third-order valence-corrected chi connectivity index (χ3v) is 3.18. The third-order valence-electron chi connectivity index (χ3n) is 2.48. The number of esters is 1. The molecule has 1 fully saturated rings. The topological polar surface area (TPSA) is 64.6 Å². The number of alkyl halides is 1. The second-order valence-electron chi connectivity index (χ2n) is 3.81. The summed E-state index contributed by atoms with van der Waals surface area (Å²) in [5, 5.41) is 2.69. The van der Waals surface area contributed by atoms with E-state index >= 15 is 0 Å². The van der Waals surface area contributed by atoms with Gasteiger partial charge in [-0.25, -0.2) is 0 Å². The number of amides is 1. The number of halogens is 1. The van der Waals surface area contributed by atoms with E-state index in [2.05, 4.69) is 26.0 Å². The van der Waals surface area contributed by atoms with Crippen molar-refractivity contribution >= 4 is 27.8 Å². The summed E-state index contributed by atoms with van der Waals surface area (Å²) < 4.78 is 9.82. The van der Waals surface area contributed by atoms with Gasteiger partial charge in [-0.3, -0.25) is 9.59 Å². The Morgan fingerprint density at radius 1 is 1.62 bits per heavy atom. The van der Waals surface area contributed by atoms with Gasteiger partial charge in [0, 0.05) is 6.54 Å². The number of rotatable bonds is 4. The first-order valence-electron chi connectivity index (χ1n) is 5.15. The summed E-state index contributed by atoms with van der Waals surface area (Å²) in [5.74, 6) is -0.568. The van der Waals surface area contributed by atoms with E-state index in [1.165, 1.54) is 7.11 Å². The molecule has 92 valence electrons. The van der Waals surface area contributed by atoms with Gasteiger partial charge in [0.05, 0.1) is 25.7 Å². The Labute approximate surface area is 103 Å². The molecule has 1 rings (SSSR count). The predicted octanol–water partition coefficient (Wildman–Crippen LogP) is 0.464. The van der Waals surface area contributed by atoms with Gasteiger partial charge in [0.25, 0.3) is 0 Å². The fourth-order valence-electron chi connectivity index (χ4n) is 1.55. The number of carbonyl (C=O) groups is 2. The van der Waals surface area contributed by atoms with Crippen LogP contribution in [0.15, 0.2) is 0 Å². The molecule has 1 aliphatic rings. The quantitative estimate of drug-likeness (QED) is 0.604. The summed E-state index contributed by atoms with van der Waals surface area (Å²) in [4.78, 5) is 22.2. The Bertz CT molecular complexity index is 272. The first-order valence-corrected chi connectivity index (χ1v) is 6.07. The van der Waals surface area contributed by atoms with Crippen LogP contribution < -0.4 is 5.32 Å². The second kappa shape index (κ2) is 6.20. The van der Waals surface area contributed by atoms with Crippen molar-refractivity contribution in [2.45, 2.75) is 24.3 Å². The fourth-order valence-corrected chi connectivity index (χ4v) is 1.89. The van der Waals surface area contributed by atoms with E-state index in [-0.39, 0.29) is 24.5 Å². The van der Waals surface area contributed by atoms with Crippen molar-refractivity contribution < 1.29 is 19.1 Å². The Hall–Kier alpha value is -0.620. The Morgan fingerprint density at radius 3 is 2.81 bits per heavy atom. The van der Waals surface area contributed by atoms with Gasteiger partial charge in [-0.15, -0.1) is 0 Å². The average Bonchev–Trinajstić information content (AvgIpc) is 2.71. The lowest BCUT2D eigenvalue weighted by Crippen LogP contribution is -2.37. The van der Waals surface area contributed by atoms with Crippen molar-refractivity contribution in [3.8, 4) is 0 Å². The molecule has 3 unspecified atom stereocenters. The number of hydrogen-bond donors (Lipinski definition) is 1. The van der Waals surface area contributed by atoms with Gasteiger partial charge < -0.3 is 14.8 Å². The molecule has 1 heterocycles. The molecule has 0 aromatic carbocycles. The molecule has 6 heteroatoms. The summed E-state index contributed by atoms with van der Waals surface area (Å²) in [5.41, 5.74) is 0.